The summed E-state index contributed by atoms with van der Waals surface area (Å²) >= 11 is 3.32. The Hall–Kier alpha value is -2.41. The van der Waals surface area contributed by atoms with Crippen molar-refractivity contribution in [3.05, 3.63) is 64.0 Å². The number of halogens is 1. The van der Waals surface area contributed by atoms with Gasteiger partial charge in [-0.25, -0.2) is 0 Å². The van der Waals surface area contributed by atoms with Gasteiger partial charge in [-0.3, -0.25) is 14.2 Å². The van der Waals surface area contributed by atoms with Crippen LogP contribution in [0.2, 0.25) is 0 Å². The van der Waals surface area contributed by atoms with Crippen molar-refractivity contribution in [1.82, 2.24) is 19.6 Å². The van der Waals surface area contributed by atoms with Crippen LogP contribution in [0, 0.1) is 6.92 Å². The van der Waals surface area contributed by atoms with E-state index in [0.717, 1.165) is 0 Å². The van der Waals surface area contributed by atoms with Gasteiger partial charge in [0, 0.05) is 25.5 Å². The first kappa shape index (κ1) is 15.5. The molecule has 0 aliphatic carbocycles. The summed E-state index contributed by atoms with van der Waals surface area (Å²) in [4.78, 5) is 12.2. The molecular formula is C16H16BrN5O. The zero-order valence-corrected chi connectivity index (χ0v) is 14.4. The fourth-order valence-electron chi connectivity index (χ4n) is 2.30. The highest BCUT2D eigenvalue weighted by Gasteiger charge is 2.15. The Labute approximate surface area is 142 Å². The summed E-state index contributed by atoms with van der Waals surface area (Å²) in [5.41, 5.74) is 2.71. The molecule has 0 saturated heterocycles. The number of aromatic nitrogens is 4. The second-order valence-electron chi connectivity index (χ2n) is 5.34. The lowest BCUT2D eigenvalue weighted by Gasteiger charge is -2.03. The maximum Gasteiger partial charge on any atom is 0.278 e. The van der Waals surface area contributed by atoms with Crippen LogP contribution in [-0.4, -0.2) is 25.5 Å². The Kier molecular flexibility index (Phi) is 4.29. The van der Waals surface area contributed by atoms with Crippen LogP contribution in [0.15, 0.2) is 47.2 Å². The maximum atomic E-state index is 12.2. The lowest BCUT2D eigenvalue weighted by molar-refractivity contribution is 0.102. The molecule has 2 heterocycles. The summed E-state index contributed by atoms with van der Waals surface area (Å²) in [6, 6.07) is 10.0. The zero-order chi connectivity index (χ0) is 16.4. The van der Waals surface area contributed by atoms with Gasteiger partial charge in [-0.15, -0.1) is 0 Å². The maximum absolute atomic E-state index is 12.2. The third-order valence-electron chi connectivity index (χ3n) is 3.31. The molecule has 1 aromatic carbocycles. The summed E-state index contributed by atoms with van der Waals surface area (Å²) in [5, 5.41) is 11.2. The van der Waals surface area contributed by atoms with Gasteiger partial charge in [0.25, 0.3) is 5.91 Å². The van der Waals surface area contributed by atoms with Crippen molar-refractivity contribution in [1.29, 1.82) is 0 Å². The standard InChI is InChI=1S/C16H16BrN5O/c1-11-4-3-5-12(8-11)9-22-7-6-14(19-22)18-16(23)15-13(17)10-21(2)20-15/h3-8,10H,9H2,1-2H3,(H,18,19,23). The van der Waals surface area contributed by atoms with Crippen molar-refractivity contribution < 1.29 is 4.79 Å². The molecule has 1 amide bonds. The van der Waals surface area contributed by atoms with Crippen molar-refractivity contribution in [2.75, 3.05) is 5.32 Å². The SMILES string of the molecule is Cc1cccc(Cn2ccc(NC(=O)c3nn(C)cc3Br)n2)c1. The highest BCUT2D eigenvalue weighted by Crippen LogP contribution is 2.16. The van der Waals surface area contributed by atoms with E-state index < -0.39 is 0 Å². The predicted octanol–water partition coefficient (Wildman–Crippen LogP) is 2.99. The molecule has 0 saturated carbocycles. The van der Waals surface area contributed by atoms with Crippen molar-refractivity contribution in [3.63, 3.8) is 0 Å². The number of hydrogen-bond acceptors (Lipinski definition) is 3. The van der Waals surface area contributed by atoms with E-state index in [1.165, 1.54) is 11.1 Å². The van der Waals surface area contributed by atoms with Gasteiger partial charge in [-0.05, 0) is 28.4 Å². The van der Waals surface area contributed by atoms with Crippen molar-refractivity contribution in [3.8, 4) is 0 Å². The second kappa shape index (κ2) is 6.37. The van der Waals surface area contributed by atoms with Crippen molar-refractivity contribution in [2.24, 2.45) is 7.05 Å². The molecule has 3 aromatic rings. The summed E-state index contributed by atoms with van der Waals surface area (Å²) in [5.74, 6) is 0.207. The van der Waals surface area contributed by atoms with Gasteiger partial charge < -0.3 is 5.32 Å². The molecule has 0 aliphatic rings. The predicted molar refractivity (Wildman–Crippen MR) is 91.4 cm³/mol. The summed E-state index contributed by atoms with van der Waals surface area (Å²) < 4.78 is 4.02. The molecule has 118 valence electrons. The minimum atomic E-state index is -0.293. The first-order valence-electron chi connectivity index (χ1n) is 7.11. The van der Waals surface area contributed by atoms with Crippen LogP contribution < -0.4 is 5.32 Å². The Morgan fingerprint density at radius 3 is 2.83 bits per heavy atom. The molecule has 0 aliphatic heterocycles. The van der Waals surface area contributed by atoms with Crippen LogP contribution in [0.3, 0.4) is 0 Å². The lowest BCUT2D eigenvalue weighted by atomic mass is 10.1. The summed E-state index contributed by atoms with van der Waals surface area (Å²) in [7, 11) is 1.76. The number of amides is 1. The fourth-order valence-corrected chi connectivity index (χ4v) is 2.86. The van der Waals surface area contributed by atoms with Crippen LogP contribution in [0.25, 0.3) is 0 Å². The van der Waals surface area contributed by atoms with Gasteiger partial charge in [0.15, 0.2) is 11.5 Å². The minimum Gasteiger partial charge on any atom is -0.304 e. The molecule has 7 heteroatoms. The highest BCUT2D eigenvalue weighted by molar-refractivity contribution is 9.10. The Morgan fingerprint density at radius 2 is 2.13 bits per heavy atom. The van der Waals surface area contributed by atoms with Gasteiger partial charge >= 0.3 is 0 Å². The summed E-state index contributed by atoms with van der Waals surface area (Å²) in [6.07, 6.45) is 3.57. The molecular weight excluding hydrogens is 358 g/mol. The third kappa shape index (κ3) is 3.68. The van der Waals surface area contributed by atoms with Crippen LogP contribution in [0.5, 0.6) is 0 Å². The fraction of sp³-hybridized carbons (Fsp3) is 0.188. The zero-order valence-electron chi connectivity index (χ0n) is 12.8. The molecule has 0 bridgehead atoms. The molecule has 0 radical (unpaired) electrons. The Morgan fingerprint density at radius 1 is 1.30 bits per heavy atom. The molecule has 6 nitrogen and oxygen atoms in total. The van der Waals surface area contributed by atoms with Gasteiger partial charge in [-0.1, -0.05) is 29.8 Å². The first-order chi connectivity index (χ1) is 11.0. The number of nitrogens with one attached hydrogen (secondary N) is 1. The van der Waals surface area contributed by atoms with E-state index in [4.69, 9.17) is 0 Å². The van der Waals surface area contributed by atoms with E-state index >= 15 is 0 Å². The van der Waals surface area contributed by atoms with Gasteiger partial charge in [0.05, 0.1) is 11.0 Å². The van der Waals surface area contributed by atoms with Gasteiger partial charge in [-0.2, -0.15) is 10.2 Å². The molecule has 0 fully saturated rings. The van der Waals surface area contributed by atoms with Gasteiger partial charge in [0.2, 0.25) is 0 Å². The molecule has 1 N–H and O–H groups in total. The average molecular weight is 374 g/mol. The van der Waals surface area contributed by atoms with Crippen LogP contribution in [-0.2, 0) is 13.6 Å². The topological polar surface area (TPSA) is 64.7 Å². The first-order valence-corrected chi connectivity index (χ1v) is 7.90. The summed E-state index contributed by atoms with van der Waals surface area (Å²) in [6.45, 7) is 2.72. The number of rotatable bonds is 4. The highest BCUT2D eigenvalue weighted by atomic mass is 79.9. The van der Waals surface area contributed by atoms with Crippen LogP contribution >= 0.6 is 15.9 Å². The second-order valence-corrected chi connectivity index (χ2v) is 6.20. The van der Waals surface area contributed by atoms with E-state index in [-0.39, 0.29) is 5.91 Å². The van der Waals surface area contributed by atoms with Gasteiger partial charge in [0.1, 0.15) is 0 Å². The molecule has 0 unspecified atom stereocenters. The number of anilines is 1. The quantitative estimate of drug-likeness (QED) is 0.764. The Balaban J connectivity index is 1.70. The molecule has 2 aromatic heterocycles. The molecule has 23 heavy (non-hydrogen) atoms. The molecule has 0 atom stereocenters. The Bertz CT molecular complexity index is 852. The number of nitrogens with zero attached hydrogens (tertiary/aromatic N) is 4. The van der Waals surface area contributed by atoms with Crippen LogP contribution in [0.1, 0.15) is 21.6 Å². The number of aryl methyl sites for hydroxylation is 2. The monoisotopic (exact) mass is 373 g/mol. The van der Waals surface area contributed by atoms with Crippen molar-refractivity contribution in [2.45, 2.75) is 13.5 Å². The number of carbonyl (C=O) groups is 1. The number of hydrogen-bond donors (Lipinski definition) is 1. The molecule has 3 rings (SSSR count). The van der Waals surface area contributed by atoms with E-state index in [1.807, 2.05) is 12.3 Å². The smallest absolute Gasteiger partial charge is 0.278 e. The van der Waals surface area contributed by atoms with Crippen LogP contribution in [0.4, 0.5) is 5.82 Å². The number of carbonyl (C=O) groups excluding carboxylic acids is 1. The minimum absolute atomic E-state index is 0.293. The number of benzene rings is 1. The third-order valence-corrected chi connectivity index (χ3v) is 3.89. The largest absolute Gasteiger partial charge is 0.304 e. The van der Waals surface area contributed by atoms with Crippen molar-refractivity contribution >= 4 is 27.7 Å². The average Bonchev–Trinajstić information content (AvgIpc) is 3.05. The molecule has 0 spiro atoms. The lowest BCUT2D eigenvalue weighted by Crippen LogP contribution is -2.14. The van der Waals surface area contributed by atoms with E-state index in [2.05, 4.69) is 56.6 Å². The normalized spacial score (nSPS) is 10.7. The van der Waals surface area contributed by atoms with E-state index in [1.54, 1.807) is 28.7 Å². The van der Waals surface area contributed by atoms with E-state index in [9.17, 15) is 4.79 Å². The van der Waals surface area contributed by atoms with E-state index in [0.29, 0.717) is 22.5 Å².